The maximum absolute atomic E-state index is 4.56. The van der Waals surface area contributed by atoms with Crippen LogP contribution in [0.15, 0.2) is 48.8 Å². The van der Waals surface area contributed by atoms with E-state index in [2.05, 4.69) is 45.4 Å². The molecule has 2 N–H and O–H groups in total. The minimum Gasteiger partial charge on any atom is -0.368 e. The van der Waals surface area contributed by atoms with Crippen molar-refractivity contribution >= 4 is 5.82 Å². The monoisotopic (exact) mass is 279 g/mol. The van der Waals surface area contributed by atoms with Crippen molar-refractivity contribution in [3.8, 4) is 22.6 Å². The topological polar surface area (TPSA) is 66.5 Å². The van der Waals surface area contributed by atoms with Crippen molar-refractivity contribution in [1.29, 1.82) is 0 Å². The highest BCUT2D eigenvalue weighted by Crippen LogP contribution is 2.23. The number of aromatic amines is 1. The Morgan fingerprint density at radius 2 is 1.90 bits per heavy atom. The zero-order valence-electron chi connectivity index (χ0n) is 12.0. The van der Waals surface area contributed by atoms with Crippen molar-refractivity contribution in [2.45, 2.75) is 19.9 Å². The molecule has 0 fully saturated rings. The second kappa shape index (κ2) is 5.75. The molecule has 21 heavy (non-hydrogen) atoms. The molecule has 2 aromatic heterocycles. The van der Waals surface area contributed by atoms with Gasteiger partial charge in [0.05, 0.1) is 5.69 Å². The summed E-state index contributed by atoms with van der Waals surface area (Å²) in [5, 5.41) is 10.2. The number of hydrogen-bond donors (Lipinski definition) is 2. The molecule has 2 heterocycles. The lowest BCUT2D eigenvalue weighted by Gasteiger charge is -2.10. The Bertz CT molecular complexity index is 719. The Labute approximate surface area is 123 Å². The maximum atomic E-state index is 4.56. The van der Waals surface area contributed by atoms with E-state index < -0.39 is 0 Å². The van der Waals surface area contributed by atoms with Gasteiger partial charge in [0.1, 0.15) is 5.82 Å². The third-order valence-corrected chi connectivity index (χ3v) is 3.02. The van der Waals surface area contributed by atoms with Gasteiger partial charge >= 0.3 is 0 Å². The smallest absolute Gasteiger partial charge is 0.161 e. The Morgan fingerprint density at radius 3 is 2.67 bits per heavy atom. The summed E-state index contributed by atoms with van der Waals surface area (Å²) in [5.41, 5.74) is 3.03. The quantitative estimate of drug-likeness (QED) is 0.768. The predicted molar refractivity (Wildman–Crippen MR) is 83.8 cm³/mol. The summed E-state index contributed by atoms with van der Waals surface area (Å²) in [4.78, 5) is 8.92. The van der Waals surface area contributed by atoms with Gasteiger partial charge in [-0.15, -0.1) is 0 Å². The average molecular weight is 279 g/mol. The maximum Gasteiger partial charge on any atom is 0.161 e. The lowest BCUT2D eigenvalue weighted by atomic mass is 10.1. The Hall–Kier alpha value is -2.69. The van der Waals surface area contributed by atoms with E-state index in [0.29, 0.717) is 11.9 Å². The molecule has 0 bridgehead atoms. The number of nitrogens with one attached hydrogen (secondary N) is 2. The van der Waals surface area contributed by atoms with E-state index in [1.54, 1.807) is 12.4 Å². The largest absolute Gasteiger partial charge is 0.368 e. The van der Waals surface area contributed by atoms with E-state index in [1.807, 2.05) is 30.3 Å². The summed E-state index contributed by atoms with van der Waals surface area (Å²) < 4.78 is 0. The standard InChI is InChI=1S/C16H17N5/c1-11(2)19-15-7-8-17-16(20-15)13-5-3-4-12(10-13)14-6-9-18-21-14/h3-11H,1-2H3,(H,18,21)(H,17,19,20). The average Bonchev–Trinajstić information content (AvgIpc) is 3.01. The molecule has 0 unspecified atom stereocenters. The molecule has 0 saturated carbocycles. The SMILES string of the molecule is CC(C)Nc1ccnc(-c2cccc(-c3ccn[nH]3)c2)n1. The summed E-state index contributed by atoms with van der Waals surface area (Å²) >= 11 is 0. The van der Waals surface area contributed by atoms with E-state index in [1.165, 1.54) is 0 Å². The summed E-state index contributed by atoms with van der Waals surface area (Å²) in [6.45, 7) is 4.17. The molecular weight excluding hydrogens is 262 g/mol. The van der Waals surface area contributed by atoms with E-state index in [0.717, 1.165) is 22.6 Å². The molecule has 5 nitrogen and oxygen atoms in total. The van der Waals surface area contributed by atoms with Crippen molar-refractivity contribution in [3.63, 3.8) is 0 Å². The minimum absolute atomic E-state index is 0.337. The fraction of sp³-hybridized carbons (Fsp3) is 0.188. The Balaban J connectivity index is 1.95. The molecule has 0 atom stereocenters. The van der Waals surface area contributed by atoms with Crippen LogP contribution in [0.3, 0.4) is 0 Å². The lowest BCUT2D eigenvalue weighted by molar-refractivity contribution is 0.887. The van der Waals surface area contributed by atoms with Crippen LogP contribution < -0.4 is 5.32 Å². The second-order valence-electron chi connectivity index (χ2n) is 5.12. The van der Waals surface area contributed by atoms with Gasteiger partial charge in [-0.2, -0.15) is 5.10 Å². The third-order valence-electron chi connectivity index (χ3n) is 3.02. The highest BCUT2D eigenvalue weighted by molar-refractivity contribution is 5.68. The van der Waals surface area contributed by atoms with E-state index in [-0.39, 0.29) is 0 Å². The van der Waals surface area contributed by atoms with Gasteiger partial charge in [0.15, 0.2) is 5.82 Å². The molecular formula is C16H17N5. The van der Waals surface area contributed by atoms with Crippen molar-refractivity contribution in [3.05, 3.63) is 48.8 Å². The summed E-state index contributed by atoms with van der Waals surface area (Å²) in [7, 11) is 0. The molecule has 0 spiro atoms. The number of hydrogen-bond acceptors (Lipinski definition) is 4. The molecule has 1 aromatic carbocycles. The highest BCUT2D eigenvalue weighted by atomic mass is 15.1. The molecule has 0 aliphatic carbocycles. The fourth-order valence-corrected chi connectivity index (χ4v) is 2.12. The van der Waals surface area contributed by atoms with E-state index in [9.17, 15) is 0 Å². The number of nitrogens with zero attached hydrogens (tertiary/aromatic N) is 3. The Morgan fingerprint density at radius 1 is 1.05 bits per heavy atom. The number of benzene rings is 1. The molecule has 106 valence electrons. The van der Waals surface area contributed by atoms with Crippen LogP contribution in [-0.4, -0.2) is 26.2 Å². The van der Waals surface area contributed by atoms with Crippen molar-refractivity contribution in [2.24, 2.45) is 0 Å². The molecule has 0 saturated heterocycles. The third kappa shape index (κ3) is 3.08. The van der Waals surface area contributed by atoms with E-state index >= 15 is 0 Å². The number of anilines is 1. The van der Waals surface area contributed by atoms with Crippen LogP contribution in [0.5, 0.6) is 0 Å². The van der Waals surface area contributed by atoms with Gasteiger partial charge < -0.3 is 5.32 Å². The molecule has 0 aliphatic heterocycles. The van der Waals surface area contributed by atoms with Gasteiger partial charge in [0, 0.05) is 29.6 Å². The van der Waals surface area contributed by atoms with Gasteiger partial charge in [-0.3, -0.25) is 5.10 Å². The summed E-state index contributed by atoms with van der Waals surface area (Å²) in [6.07, 6.45) is 3.52. The number of H-pyrrole nitrogens is 1. The van der Waals surface area contributed by atoms with Gasteiger partial charge in [-0.25, -0.2) is 9.97 Å². The zero-order chi connectivity index (χ0) is 14.7. The van der Waals surface area contributed by atoms with Crippen LogP contribution in [0.1, 0.15) is 13.8 Å². The van der Waals surface area contributed by atoms with Crippen LogP contribution in [0.2, 0.25) is 0 Å². The van der Waals surface area contributed by atoms with Crippen LogP contribution >= 0.6 is 0 Å². The molecule has 3 rings (SSSR count). The Kier molecular flexibility index (Phi) is 3.64. The number of aromatic nitrogens is 4. The first kappa shape index (κ1) is 13.3. The van der Waals surface area contributed by atoms with Gasteiger partial charge in [-0.05, 0) is 32.0 Å². The van der Waals surface area contributed by atoms with Gasteiger partial charge in [-0.1, -0.05) is 18.2 Å². The minimum atomic E-state index is 0.337. The van der Waals surface area contributed by atoms with Crippen LogP contribution in [0, 0.1) is 0 Å². The summed E-state index contributed by atoms with van der Waals surface area (Å²) in [6, 6.07) is 12.3. The molecule has 5 heteroatoms. The first-order valence-electron chi connectivity index (χ1n) is 6.92. The molecule has 3 aromatic rings. The fourth-order valence-electron chi connectivity index (χ4n) is 2.12. The normalized spacial score (nSPS) is 10.8. The van der Waals surface area contributed by atoms with Crippen LogP contribution in [0.4, 0.5) is 5.82 Å². The molecule has 0 aliphatic rings. The van der Waals surface area contributed by atoms with Gasteiger partial charge in [0.2, 0.25) is 0 Å². The van der Waals surface area contributed by atoms with Crippen LogP contribution in [-0.2, 0) is 0 Å². The highest BCUT2D eigenvalue weighted by Gasteiger charge is 2.06. The van der Waals surface area contributed by atoms with E-state index in [4.69, 9.17) is 0 Å². The predicted octanol–water partition coefficient (Wildman–Crippen LogP) is 3.35. The van der Waals surface area contributed by atoms with Crippen LogP contribution in [0.25, 0.3) is 22.6 Å². The van der Waals surface area contributed by atoms with Gasteiger partial charge in [0.25, 0.3) is 0 Å². The first-order valence-corrected chi connectivity index (χ1v) is 6.92. The lowest BCUT2D eigenvalue weighted by Crippen LogP contribution is -2.11. The van der Waals surface area contributed by atoms with Crippen molar-refractivity contribution in [2.75, 3.05) is 5.32 Å². The second-order valence-corrected chi connectivity index (χ2v) is 5.12. The van der Waals surface area contributed by atoms with Crippen molar-refractivity contribution in [1.82, 2.24) is 20.2 Å². The first-order chi connectivity index (χ1) is 10.2. The number of rotatable bonds is 4. The molecule has 0 radical (unpaired) electrons. The van der Waals surface area contributed by atoms with Crippen molar-refractivity contribution < 1.29 is 0 Å². The molecule has 0 amide bonds. The summed E-state index contributed by atoms with van der Waals surface area (Å²) in [5.74, 6) is 1.55. The zero-order valence-corrected chi connectivity index (χ0v) is 12.0.